The number of nitrogens with zero attached hydrogens (tertiary/aromatic N) is 1. The molecular formula is C4H3N2O2. The maximum Gasteiger partial charge on any atom is 0.348 e. The third-order valence-electron chi connectivity index (χ3n) is 0.644. The van der Waals surface area contributed by atoms with E-state index in [0.717, 1.165) is 0 Å². The van der Waals surface area contributed by atoms with Crippen LogP contribution in [-0.2, 0) is 5.11 Å². The second kappa shape index (κ2) is 1.65. The molecule has 0 saturated carbocycles. The normalized spacial score (nSPS) is 9.00. The summed E-state index contributed by atoms with van der Waals surface area (Å²) in [6.07, 6.45) is 1.26. The topological polar surface area (TPSA) is 65.7 Å². The number of hydrogen-bond donors (Lipinski definition) is 1. The van der Waals surface area contributed by atoms with E-state index in [9.17, 15) is 9.90 Å². The predicted molar refractivity (Wildman–Crippen MR) is 25.0 cm³/mol. The number of aromatic nitrogens is 2. The van der Waals surface area contributed by atoms with Crippen molar-refractivity contribution in [1.82, 2.24) is 9.97 Å². The Morgan fingerprint density at radius 2 is 2.38 bits per heavy atom. The first-order chi connectivity index (χ1) is 3.79. The SMILES string of the molecule is [O]c1cc[nH]c(=O)n1. The first-order valence-corrected chi connectivity index (χ1v) is 2.02. The zero-order valence-electron chi connectivity index (χ0n) is 3.92. The average molecular weight is 111 g/mol. The van der Waals surface area contributed by atoms with Gasteiger partial charge in [0.1, 0.15) is 0 Å². The van der Waals surface area contributed by atoms with Crippen molar-refractivity contribution in [2.75, 3.05) is 0 Å². The molecule has 0 atom stereocenters. The Bertz CT molecular complexity index is 229. The predicted octanol–water partition coefficient (Wildman–Crippen LogP) is -0.0863. The highest BCUT2D eigenvalue weighted by Crippen LogP contribution is 1.93. The Morgan fingerprint density at radius 3 is 2.75 bits per heavy atom. The van der Waals surface area contributed by atoms with Gasteiger partial charge in [0.2, 0.25) is 0 Å². The van der Waals surface area contributed by atoms with E-state index in [4.69, 9.17) is 0 Å². The Balaban J connectivity index is 3.28. The molecule has 1 rings (SSSR count). The molecule has 0 unspecified atom stereocenters. The number of nitrogens with one attached hydrogen (secondary N) is 1. The van der Waals surface area contributed by atoms with Gasteiger partial charge in [-0.3, -0.25) is 5.11 Å². The van der Waals surface area contributed by atoms with Crippen molar-refractivity contribution in [1.29, 1.82) is 0 Å². The van der Waals surface area contributed by atoms with Gasteiger partial charge in [-0.05, 0) is 0 Å². The minimum Gasteiger partial charge on any atom is -0.312 e. The molecule has 0 amide bonds. The number of hydrogen-bond acceptors (Lipinski definition) is 2. The molecule has 0 fully saturated rings. The van der Waals surface area contributed by atoms with Crippen molar-refractivity contribution in [3.05, 3.63) is 22.7 Å². The highest BCUT2D eigenvalue weighted by atomic mass is 16.3. The minimum atomic E-state index is -0.600. The zero-order chi connectivity index (χ0) is 5.98. The van der Waals surface area contributed by atoms with Crippen molar-refractivity contribution in [3.8, 4) is 5.88 Å². The van der Waals surface area contributed by atoms with Crippen molar-refractivity contribution >= 4 is 0 Å². The molecule has 4 nitrogen and oxygen atoms in total. The Morgan fingerprint density at radius 1 is 1.62 bits per heavy atom. The van der Waals surface area contributed by atoms with Crippen LogP contribution >= 0.6 is 0 Å². The van der Waals surface area contributed by atoms with Crippen LogP contribution in [0.2, 0.25) is 0 Å². The monoisotopic (exact) mass is 111 g/mol. The summed E-state index contributed by atoms with van der Waals surface area (Å²) in [5.41, 5.74) is -0.600. The van der Waals surface area contributed by atoms with E-state index in [1.54, 1.807) is 0 Å². The van der Waals surface area contributed by atoms with Crippen LogP contribution in [0.5, 0.6) is 5.88 Å². The summed E-state index contributed by atoms with van der Waals surface area (Å²) in [5.74, 6) is -0.506. The molecule has 0 bridgehead atoms. The second-order valence-electron chi connectivity index (χ2n) is 1.23. The lowest BCUT2D eigenvalue weighted by Crippen LogP contribution is -2.06. The van der Waals surface area contributed by atoms with Crippen molar-refractivity contribution in [2.45, 2.75) is 0 Å². The molecule has 1 N–H and O–H groups in total. The third-order valence-corrected chi connectivity index (χ3v) is 0.644. The van der Waals surface area contributed by atoms with E-state index in [2.05, 4.69) is 9.97 Å². The number of H-pyrrole nitrogens is 1. The summed E-state index contributed by atoms with van der Waals surface area (Å²) in [6.45, 7) is 0. The molecule has 0 aromatic carbocycles. The van der Waals surface area contributed by atoms with Gasteiger partial charge in [-0.1, -0.05) is 0 Å². The van der Waals surface area contributed by atoms with Gasteiger partial charge in [0.15, 0.2) is 0 Å². The molecule has 1 aromatic rings. The summed E-state index contributed by atoms with van der Waals surface area (Å²) >= 11 is 0. The lowest BCUT2D eigenvalue weighted by molar-refractivity contribution is 0.335. The van der Waals surface area contributed by atoms with Gasteiger partial charge >= 0.3 is 5.69 Å². The maximum absolute atomic E-state index is 10.2. The Hall–Kier alpha value is -1.32. The van der Waals surface area contributed by atoms with Crippen LogP contribution in [0.15, 0.2) is 17.1 Å². The summed E-state index contributed by atoms with van der Waals surface area (Å²) in [6, 6.07) is 1.18. The fraction of sp³-hybridized carbons (Fsp3) is 0. The highest BCUT2D eigenvalue weighted by Gasteiger charge is 1.87. The first-order valence-electron chi connectivity index (χ1n) is 2.02. The van der Waals surface area contributed by atoms with E-state index in [1.807, 2.05) is 0 Å². The van der Waals surface area contributed by atoms with Gasteiger partial charge < -0.3 is 4.98 Å². The summed E-state index contributed by atoms with van der Waals surface area (Å²) < 4.78 is 0. The van der Waals surface area contributed by atoms with E-state index in [1.165, 1.54) is 12.3 Å². The maximum atomic E-state index is 10.2. The molecule has 0 aliphatic heterocycles. The van der Waals surface area contributed by atoms with Crippen molar-refractivity contribution < 1.29 is 5.11 Å². The van der Waals surface area contributed by atoms with Gasteiger partial charge in [-0.25, -0.2) is 4.79 Å². The Kier molecular flexibility index (Phi) is 0.997. The molecule has 0 aliphatic carbocycles. The van der Waals surface area contributed by atoms with Gasteiger partial charge in [0.25, 0.3) is 5.88 Å². The standard InChI is InChI=1S/C4H3N2O2/c7-3-1-2-5-4(8)6-3/h1-2H,(H,5,6,8). The molecule has 4 heteroatoms. The first kappa shape index (κ1) is 4.83. The lowest BCUT2D eigenvalue weighted by Gasteiger charge is -1.78. The molecule has 0 saturated heterocycles. The van der Waals surface area contributed by atoms with Crippen molar-refractivity contribution in [3.63, 3.8) is 0 Å². The molecule has 1 aromatic heterocycles. The molecule has 1 heterocycles. The highest BCUT2D eigenvalue weighted by molar-refractivity contribution is 5.00. The van der Waals surface area contributed by atoms with Crippen LogP contribution < -0.4 is 5.69 Å². The fourth-order valence-electron chi connectivity index (χ4n) is 0.354. The van der Waals surface area contributed by atoms with E-state index in [-0.39, 0.29) is 0 Å². The summed E-state index contributed by atoms with van der Waals surface area (Å²) in [4.78, 5) is 15.3. The lowest BCUT2D eigenvalue weighted by atomic mass is 10.6. The van der Waals surface area contributed by atoms with Crippen LogP contribution in [0.4, 0.5) is 0 Å². The smallest absolute Gasteiger partial charge is 0.312 e. The number of rotatable bonds is 0. The summed E-state index contributed by atoms with van der Waals surface area (Å²) in [7, 11) is 0. The molecule has 8 heavy (non-hydrogen) atoms. The fourth-order valence-corrected chi connectivity index (χ4v) is 0.354. The van der Waals surface area contributed by atoms with Crippen molar-refractivity contribution in [2.24, 2.45) is 0 Å². The molecule has 0 aliphatic rings. The van der Waals surface area contributed by atoms with E-state index in [0.29, 0.717) is 0 Å². The summed E-state index contributed by atoms with van der Waals surface area (Å²) in [5, 5.41) is 10.2. The Labute approximate surface area is 44.8 Å². The van der Waals surface area contributed by atoms with Crippen LogP contribution in [0, 0.1) is 0 Å². The molecule has 1 radical (unpaired) electrons. The van der Waals surface area contributed by atoms with Gasteiger partial charge in [-0.2, -0.15) is 4.98 Å². The van der Waals surface area contributed by atoms with E-state index < -0.39 is 11.6 Å². The molecule has 41 valence electrons. The van der Waals surface area contributed by atoms with Crippen LogP contribution in [0.25, 0.3) is 0 Å². The average Bonchev–Trinajstić information content (AvgIpc) is 1.64. The van der Waals surface area contributed by atoms with Crippen LogP contribution in [-0.4, -0.2) is 9.97 Å². The third kappa shape index (κ3) is 0.841. The van der Waals surface area contributed by atoms with Gasteiger partial charge in [0.05, 0.1) is 0 Å². The zero-order valence-corrected chi connectivity index (χ0v) is 3.92. The number of aromatic amines is 1. The van der Waals surface area contributed by atoms with Gasteiger partial charge in [0, 0.05) is 12.3 Å². The quantitative estimate of drug-likeness (QED) is 0.508. The minimum absolute atomic E-state index is 0.506. The van der Waals surface area contributed by atoms with Crippen LogP contribution in [0.3, 0.4) is 0 Å². The van der Waals surface area contributed by atoms with Gasteiger partial charge in [-0.15, -0.1) is 0 Å². The second-order valence-corrected chi connectivity index (χ2v) is 1.23. The largest absolute Gasteiger partial charge is 0.348 e. The molecule has 0 spiro atoms. The van der Waals surface area contributed by atoms with Crippen LogP contribution in [0.1, 0.15) is 0 Å². The molecular weight excluding hydrogens is 108 g/mol. The van der Waals surface area contributed by atoms with E-state index >= 15 is 0 Å².